The van der Waals surface area contributed by atoms with Gasteiger partial charge in [0.05, 0.1) is 12.2 Å². The largest absolute Gasteiger partial charge is 0.481 e. The highest BCUT2D eigenvalue weighted by atomic mass is 16.4. The number of allylic oxidation sites excluding steroid dienone is 3. The molecule has 0 aromatic heterocycles. The highest BCUT2D eigenvalue weighted by Crippen LogP contribution is 2.36. The van der Waals surface area contributed by atoms with Gasteiger partial charge in [0.15, 0.2) is 0 Å². The molecule has 0 heterocycles. The lowest BCUT2D eigenvalue weighted by Crippen LogP contribution is -2.20. The van der Waals surface area contributed by atoms with E-state index in [0.717, 1.165) is 51.4 Å². The summed E-state index contributed by atoms with van der Waals surface area (Å²) in [7, 11) is 0. The van der Waals surface area contributed by atoms with E-state index < -0.39 is 12.1 Å². The fourth-order valence-electron chi connectivity index (χ4n) is 3.89. The number of hydrogen-bond acceptors (Lipinski definition) is 3. The van der Waals surface area contributed by atoms with Gasteiger partial charge in [-0.05, 0) is 56.3 Å². The maximum absolute atomic E-state index is 10.5. The third-order valence-electron chi connectivity index (χ3n) is 5.67. The van der Waals surface area contributed by atoms with Gasteiger partial charge in [0, 0.05) is 6.42 Å². The Morgan fingerprint density at radius 1 is 1.19 bits per heavy atom. The summed E-state index contributed by atoms with van der Waals surface area (Å²) in [6.45, 7) is 4.31. The zero-order valence-electron chi connectivity index (χ0n) is 16.5. The summed E-state index contributed by atoms with van der Waals surface area (Å²) in [4.78, 5) is 10.5. The summed E-state index contributed by atoms with van der Waals surface area (Å²) in [6.07, 6.45) is 16.1. The average molecular weight is 367 g/mol. The molecule has 26 heavy (non-hydrogen) atoms. The Morgan fingerprint density at radius 2 is 1.96 bits per heavy atom. The van der Waals surface area contributed by atoms with Crippen LogP contribution >= 0.6 is 0 Å². The van der Waals surface area contributed by atoms with Gasteiger partial charge in [-0.3, -0.25) is 4.79 Å². The lowest BCUT2D eigenvalue weighted by molar-refractivity contribution is -0.137. The predicted molar refractivity (Wildman–Crippen MR) is 106 cm³/mol. The molecule has 1 rings (SSSR count). The van der Waals surface area contributed by atoms with Gasteiger partial charge in [-0.15, -0.1) is 0 Å². The summed E-state index contributed by atoms with van der Waals surface area (Å²) >= 11 is 0. The van der Waals surface area contributed by atoms with Crippen LogP contribution in [0.1, 0.15) is 78.1 Å². The van der Waals surface area contributed by atoms with Gasteiger partial charge in [-0.25, -0.2) is 0 Å². The van der Waals surface area contributed by atoms with Gasteiger partial charge in [0.25, 0.3) is 0 Å². The van der Waals surface area contributed by atoms with Crippen molar-refractivity contribution < 1.29 is 20.1 Å². The van der Waals surface area contributed by atoms with Crippen molar-refractivity contribution in [2.45, 2.75) is 90.3 Å². The van der Waals surface area contributed by atoms with E-state index in [-0.39, 0.29) is 18.4 Å². The van der Waals surface area contributed by atoms with Gasteiger partial charge in [-0.2, -0.15) is 0 Å². The van der Waals surface area contributed by atoms with Gasteiger partial charge in [-0.1, -0.05) is 57.4 Å². The standard InChI is InChI=1S/C22H38O4/c1-3-5-10-17(4-2)20(23)15-13-18-14-16-21(24)19(18)11-8-6-7-9-12-22(25)26/h6,8,13,15,17-21,23-24H,3-5,7,9-12,14,16H2,1-2H3,(H,25,26)/b8-6-,15-13+. The molecule has 1 saturated carbocycles. The molecule has 0 radical (unpaired) electrons. The van der Waals surface area contributed by atoms with Crippen LogP contribution in [0.4, 0.5) is 0 Å². The van der Waals surface area contributed by atoms with Crippen molar-refractivity contribution in [3.05, 3.63) is 24.3 Å². The first-order valence-corrected chi connectivity index (χ1v) is 10.4. The topological polar surface area (TPSA) is 77.8 Å². The molecule has 0 bridgehead atoms. The predicted octanol–water partition coefficient (Wildman–Crippen LogP) is 4.71. The van der Waals surface area contributed by atoms with Crippen molar-refractivity contribution in [1.29, 1.82) is 0 Å². The number of aliphatic carboxylic acids is 1. The molecule has 0 saturated heterocycles. The number of carbonyl (C=O) groups is 1. The van der Waals surface area contributed by atoms with Crippen LogP contribution in [0.5, 0.6) is 0 Å². The fourth-order valence-corrected chi connectivity index (χ4v) is 3.89. The zero-order chi connectivity index (χ0) is 19.4. The molecule has 5 unspecified atom stereocenters. The molecule has 1 fully saturated rings. The van der Waals surface area contributed by atoms with Crippen LogP contribution in [-0.2, 0) is 4.79 Å². The molecule has 1 aliphatic carbocycles. The second-order valence-electron chi connectivity index (χ2n) is 7.65. The van der Waals surface area contributed by atoms with E-state index in [1.54, 1.807) is 0 Å². The quantitative estimate of drug-likeness (QED) is 0.326. The van der Waals surface area contributed by atoms with E-state index in [1.807, 2.05) is 12.2 Å². The third-order valence-corrected chi connectivity index (χ3v) is 5.67. The van der Waals surface area contributed by atoms with Crippen LogP contribution in [0, 0.1) is 17.8 Å². The lowest BCUT2D eigenvalue weighted by Gasteiger charge is -2.21. The van der Waals surface area contributed by atoms with Crippen molar-refractivity contribution in [3.63, 3.8) is 0 Å². The fraction of sp³-hybridized carbons (Fsp3) is 0.773. The number of aliphatic hydroxyl groups is 2. The first kappa shape index (κ1) is 22.9. The van der Waals surface area contributed by atoms with E-state index >= 15 is 0 Å². The molecule has 0 amide bonds. The lowest BCUT2D eigenvalue weighted by atomic mass is 9.88. The maximum atomic E-state index is 10.5. The molecule has 3 N–H and O–H groups in total. The normalized spacial score (nSPS) is 25.9. The highest BCUT2D eigenvalue weighted by Gasteiger charge is 2.32. The molecule has 4 heteroatoms. The summed E-state index contributed by atoms with van der Waals surface area (Å²) in [6, 6.07) is 0. The summed E-state index contributed by atoms with van der Waals surface area (Å²) < 4.78 is 0. The molecular formula is C22H38O4. The zero-order valence-corrected chi connectivity index (χ0v) is 16.5. The van der Waals surface area contributed by atoms with Crippen molar-refractivity contribution in [1.82, 2.24) is 0 Å². The second kappa shape index (κ2) is 13.1. The summed E-state index contributed by atoms with van der Waals surface area (Å²) in [5.41, 5.74) is 0. The molecule has 4 nitrogen and oxygen atoms in total. The number of hydrogen-bond donors (Lipinski definition) is 3. The van der Waals surface area contributed by atoms with E-state index in [0.29, 0.717) is 18.3 Å². The minimum atomic E-state index is -0.752. The smallest absolute Gasteiger partial charge is 0.303 e. The minimum Gasteiger partial charge on any atom is -0.481 e. The molecule has 0 aromatic rings. The Labute approximate surface area is 159 Å². The van der Waals surface area contributed by atoms with Crippen LogP contribution in [0.15, 0.2) is 24.3 Å². The van der Waals surface area contributed by atoms with Crippen molar-refractivity contribution in [2.24, 2.45) is 17.8 Å². The molecule has 0 aliphatic heterocycles. The Kier molecular flexibility index (Phi) is 11.5. The van der Waals surface area contributed by atoms with Gasteiger partial charge >= 0.3 is 5.97 Å². The first-order valence-electron chi connectivity index (χ1n) is 10.4. The van der Waals surface area contributed by atoms with Gasteiger partial charge < -0.3 is 15.3 Å². The van der Waals surface area contributed by atoms with Crippen LogP contribution in [0.2, 0.25) is 0 Å². The average Bonchev–Trinajstić information content (AvgIpc) is 2.96. The number of rotatable bonds is 13. The summed E-state index contributed by atoms with van der Waals surface area (Å²) in [5, 5.41) is 29.4. The van der Waals surface area contributed by atoms with Crippen molar-refractivity contribution in [2.75, 3.05) is 0 Å². The SMILES string of the molecule is CCCCC(CC)C(O)/C=C/C1CCC(O)C1C/C=C\CCCC(=O)O. The Hall–Kier alpha value is -1.13. The second-order valence-corrected chi connectivity index (χ2v) is 7.65. The van der Waals surface area contributed by atoms with Crippen LogP contribution in [-0.4, -0.2) is 33.5 Å². The first-order chi connectivity index (χ1) is 12.5. The Morgan fingerprint density at radius 3 is 2.62 bits per heavy atom. The Bertz CT molecular complexity index is 443. The van der Waals surface area contributed by atoms with Gasteiger partial charge in [0.2, 0.25) is 0 Å². The van der Waals surface area contributed by atoms with Crippen LogP contribution < -0.4 is 0 Å². The van der Waals surface area contributed by atoms with E-state index in [4.69, 9.17) is 5.11 Å². The molecule has 0 aromatic carbocycles. The van der Waals surface area contributed by atoms with Crippen LogP contribution in [0.3, 0.4) is 0 Å². The van der Waals surface area contributed by atoms with Crippen LogP contribution in [0.25, 0.3) is 0 Å². The molecule has 5 atom stereocenters. The monoisotopic (exact) mass is 366 g/mol. The molecule has 1 aliphatic rings. The Balaban J connectivity index is 2.48. The van der Waals surface area contributed by atoms with E-state index in [9.17, 15) is 15.0 Å². The number of carboxylic acids is 1. The minimum absolute atomic E-state index is 0.199. The van der Waals surface area contributed by atoms with E-state index in [1.165, 1.54) is 0 Å². The number of carboxylic acid groups (broad SMARTS) is 1. The molecule has 150 valence electrons. The molecular weight excluding hydrogens is 328 g/mol. The number of unbranched alkanes of at least 4 members (excludes halogenated alkanes) is 2. The molecule has 0 spiro atoms. The van der Waals surface area contributed by atoms with Crippen molar-refractivity contribution >= 4 is 5.97 Å². The van der Waals surface area contributed by atoms with E-state index in [2.05, 4.69) is 26.0 Å². The highest BCUT2D eigenvalue weighted by molar-refractivity contribution is 5.66. The number of aliphatic hydroxyl groups excluding tert-OH is 2. The summed E-state index contributed by atoms with van der Waals surface area (Å²) in [5.74, 6) is 0.0831. The third kappa shape index (κ3) is 8.50. The van der Waals surface area contributed by atoms with Crippen molar-refractivity contribution in [3.8, 4) is 0 Å². The van der Waals surface area contributed by atoms with Gasteiger partial charge in [0.1, 0.15) is 0 Å². The maximum Gasteiger partial charge on any atom is 0.303 e.